The van der Waals surface area contributed by atoms with Crippen molar-refractivity contribution in [3.8, 4) is 0 Å². The second-order valence-electron chi connectivity index (χ2n) is 4.44. The van der Waals surface area contributed by atoms with Crippen LogP contribution in [0.15, 0.2) is 4.99 Å². The number of carbonyl (C=O) groups is 1. The summed E-state index contributed by atoms with van der Waals surface area (Å²) in [6, 6.07) is -0.264. The van der Waals surface area contributed by atoms with Crippen LogP contribution in [0.4, 0.5) is 0 Å². The first-order valence-electron chi connectivity index (χ1n) is 5.86. The van der Waals surface area contributed by atoms with E-state index < -0.39 is 9.84 Å². The van der Waals surface area contributed by atoms with Crippen LogP contribution >= 0.6 is 0 Å². The Kier molecular flexibility index (Phi) is 3.66. The van der Waals surface area contributed by atoms with Gasteiger partial charge in [0.05, 0.1) is 11.5 Å². The number of hydrogen-bond donors (Lipinski definition) is 2. The molecule has 0 aromatic heterocycles. The predicted octanol–water partition coefficient (Wildman–Crippen LogP) is -0.928. The highest BCUT2D eigenvalue weighted by molar-refractivity contribution is 7.91. The van der Waals surface area contributed by atoms with E-state index in [-0.39, 0.29) is 23.5 Å². The summed E-state index contributed by atoms with van der Waals surface area (Å²) in [6.07, 6.45) is 2.47. The molecule has 96 valence electrons. The highest BCUT2D eigenvalue weighted by Crippen LogP contribution is 2.11. The van der Waals surface area contributed by atoms with Crippen LogP contribution in [0.5, 0.6) is 0 Å². The minimum atomic E-state index is -2.95. The quantitative estimate of drug-likeness (QED) is 0.671. The summed E-state index contributed by atoms with van der Waals surface area (Å²) < 4.78 is 22.5. The zero-order chi connectivity index (χ0) is 12.3. The number of rotatable bonds is 2. The second kappa shape index (κ2) is 5.03. The molecular weight excluding hydrogens is 242 g/mol. The topological polar surface area (TPSA) is 87.6 Å². The molecular formula is C10H17N3O3S. The average Bonchev–Trinajstić information content (AvgIpc) is 2.52. The van der Waals surface area contributed by atoms with Crippen molar-refractivity contribution < 1.29 is 13.2 Å². The van der Waals surface area contributed by atoms with Crippen LogP contribution in [0.1, 0.15) is 19.3 Å². The highest BCUT2D eigenvalue weighted by Gasteiger charge is 2.29. The second-order valence-corrected chi connectivity index (χ2v) is 6.67. The zero-order valence-electron chi connectivity index (χ0n) is 9.61. The van der Waals surface area contributed by atoms with E-state index in [9.17, 15) is 13.2 Å². The van der Waals surface area contributed by atoms with Crippen LogP contribution in [0.3, 0.4) is 0 Å². The Labute approximate surface area is 101 Å². The third-order valence-electron chi connectivity index (χ3n) is 2.93. The van der Waals surface area contributed by atoms with Gasteiger partial charge in [0.15, 0.2) is 15.7 Å². The van der Waals surface area contributed by atoms with Crippen LogP contribution in [0.2, 0.25) is 0 Å². The summed E-state index contributed by atoms with van der Waals surface area (Å²) in [5, 5.41) is 5.69. The molecule has 0 bridgehead atoms. The molecule has 2 heterocycles. The van der Waals surface area contributed by atoms with Gasteiger partial charge < -0.3 is 10.6 Å². The van der Waals surface area contributed by atoms with Crippen LogP contribution in [0, 0.1) is 0 Å². The third-order valence-corrected chi connectivity index (χ3v) is 4.70. The lowest BCUT2D eigenvalue weighted by atomic mass is 10.2. The molecule has 0 spiro atoms. The largest absolute Gasteiger partial charge is 0.366 e. The number of amidine groups is 1. The number of carbonyl (C=O) groups excluding carboxylic acids is 1. The Balaban J connectivity index is 1.91. The van der Waals surface area contributed by atoms with Gasteiger partial charge >= 0.3 is 0 Å². The van der Waals surface area contributed by atoms with E-state index >= 15 is 0 Å². The van der Waals surface area contributed by atoms with Gasteiger partial charge in [-0.05, 0) is 19.3 Å². The van der Waals surface area contributed by atoms with Gasteiger partial charge in [-0.1, -0.05) is 0 Å². The van der Waals surface area contributed by atoms with Crippen LogP contribution in [0.25, 0.3) is 0 Å². The minimum Gasteiger partial charge on any atom is -0.366 e. The molecule has 0 aromatic rings. The molecule has 1 atom stereocenters. The standard InChI is InChI=1S/C10H17N3O3S/c14-10(9-11-4-1-2-5-12-9)13-8-3-6-17(15,16)7-8/h8H,1-7H2,(H,11,12)(H,13,14). The van der Waals surface area contributed by atoms with E-state index in [1.807, 2.05) is 0 Å². The molecule has 1 fully saturated rings. The molecule has 7 heteroatoms. The molecule has 0 radical (unpaired) electrons. The summed E-state index contributed by atoms with van der Waals surface area (Å²) >= 11 is 0. The van der Waals surface area contributed by atoms with E-state index in [2.05, 4.69) is 15.6 Å². The Morgan fingerprint density at radius 2 is 2.24 bits per heavy atom. The Morgan fingerprint density at radius 1 is 1.41 bits per heavy atom. The average molecular weight is 259 g/mol. The summed E-state index contributed by atoms with van der Waals surface area (Å²) in [6.45, 7) is 1.40. The Bertz CT molecular complexity index is 430. The van der Waals surface area contributed by atoms with Crippen LogP contribution < -0.4 is 10.6 Å². The van der Waals surface area contributed by atoms with Crippen LogP contribution in [-0.2, 0) is 14.6 Å². The number of amides is 1. The van der Waals surface area contributed by atoms with E-state index in [1.165, 1.54) is 0 Å². The third kappa shape index (κ3) is 3.42. The fourth-order valence-electron chi connectivity index (χ4n) is 2.01. The van der Waals surface area contributed by atoms with Crippen molar-refractivity contribution in [2.24, 2.45) is 4.99 Å². The Hall–Kier alpha value is -1.11. The highest BCUT2D eigenvalue weighted by atomic mass is 32.2. The van der Waals surface area contributed by atoms with E-state index in [4.69, 9.17) is 0 Å². The fraction of sp³-hybridized carbons (Fsp3) is 0.800. The number of sulfone groups is 1. The molecule has 2 N–H and O–H groups in total. The predicted molar refractivity (Wildman–Crippen MR) is 64.7 cm³/mol. The lowest BCUT2D eigenvalue weighted by Gasteiger charge is -2.12. The van der Waals surface area contributed by atoms with Crippen molar-refractivity contribution in [1.29, 1.82) is 0 Å². The van der Waals surface area contributed by atoms with E-state index in [1.54, 1.807) is 0 Å². The van der Waals surface area contributed by atoms with Crippen LogP contribution in [-0.4, -0.2) is 50.8 Å². The van der Waals surface area contributed by atoms with E-state index in [0.29, 0.717) is 18.8 Å². The lowest BCUT2D eigenvalue weighted by molar-refractivity contribution is -0.115. The molecule has 2 aliphatic rings. The normalized spacial score (nSPS) is 27.8. The Morgan fingerprint density at radius 3 is 2.94 bits per heavy atom. The first-order valence-corrected chi connectivity index (χ1v) is 7.68. The molecule has 0 aliphatic carbocycles. The van der Waals surface area contributed by atoms with Gasteiger partial charge in [-0.3, -0.25) is 9.79 Å². The SMILES string of the molecule is O=C(NC1CCS(=O)(=O)C1)C1=NCCCCN1. The van der Waals surface area contributed by atoms with Crippen molar-refractivity contribution in [2.45, 2.75) is 25.3 Å². The zero-order valence-corrected chi connectivity index (χ0v) is 10.4. The fourth-order valence-corrected chi connectivity index (χ4v) is 3.68. The van der Waals surface area contributed by atoms with Gasteiger partial charge in [0, 0.05) is 19.1 Å². The molecule has 6 nitrogen and oxygen atoms in total. The van der Waals surface area contributed by atoms with Crippen molar-refractivity contribution in [1.82, 2.24) is 10.6 Å². The molecule has 17 heavy (non-hydrogen) atoms. The first kappa shape index (κ1) is 12.3. The van der Waals surface area contributed by atoms with Crippen molar-refractivity contribution in [3.63, 3.8) is 0 Å². The lowest BCUT2D eigenvalue weighted by Crippen LogP contribution is -2.45. The van der Waals surface area contributed by atoms with Gasteiger partial charge in [0.1, 0.15) is 0 Å². The van der Waals surface area contributed by atoms with Gasteiger partial charge in [-0.25, -0.2) is 8.42 Å². The number of nitrogens with zero attached hydrogens (tertiary/aromatic N) is 1. The molecule has 1 unspecified atom stereocenters. The molecule has 2 aliphatic heterocycles. The monoisotopic (exact) mass is 259 g/mol. The summed E-state index contributed by atoms with van der Waals surface area (Å²) in [5.74, 6) is 0.268. The minimum absolute atomic E-state index is 0.0476. The number of nitrogens with one attached hydrogen (secondary N) is 2. The maximum Gasteiger partial charge on any atom is 0.286 e. The number of hydrogen-bond acceptors (Lipinski definition) is 5. The van der Waals surface area contributed by atoms with Crippen molar-refractivity contribution in [2.75, 3.05) is 24.6 Å². The summed E-state index contributed by atoms with van der Waals surface area (Å²) in [4.78, 5) is 16.0. The molecule has 1 amide bonds. The summed E-state index contributed by atoms with van der Waals surface area (Å²) in [7, 11) is -2.95. The summed E-state index contributed by atoms with van der Waals surface area (Å²) in [5.41, 5.74) is 0. The maximum absolute atomic E-state index is 11.8. The molecule has 2 rings (SSSR count). The number of aliphatic imine (C=N–C) groups is 1. The molecule has 0 saturated carbocycles. The maximum atomic E-state index is 11.8. The van der Waals surface area contributed by atoms with E-state index in [0.717, 1.165) is 19.4 Å². The van der Waals surface area contributed by atoms with Gasteiger partial charge in [-0.2, -0.15) is 0 Å². The van der Waals surface area contributed by atoms with Crippen molar-refractivity contribution >= 4 is 21.6 Å². The van der Waals surface area contributed by atoms with Gasteiger partial charge in [0.25, 0.3) is 5.91 Å². The smallest absolute Gasteiger partial charge is 0.286 e. The van der Waals surface area contributed by atoms with Gasteiger partial charge in [0.2, 0.25) is 0 Å². The van der Waals surface area contributed by atoms with Gasteiger partial charge in [-0.15, -0.1) is 0 Å². The van der Waals surface area contributed by atoms with Crippen molar-refractivity contribution in [3.05, 3.63) is 0 Å². The molecule has 0 aromatic carbocycles. The molecule has 1 saturated heterocycles. The first-order chi connectivity index (χ1) is 8.07.